The minimum atomic E-state index is -5.11. The van der Waals surface area contributed by atoms with E-state index in [-0.39, 0.29) is 22.3 Å². The van der Waals surface area contributed by atoms with Gasteiger partial charge in [0.05, 0.1) is 34.6 Å². The molecule has 0 bridgehead atoms. The highest BCUT2D eigenvalue weighted by Gasteiger charge is 2.40. The number of methoxy groups -OCH3 is 1. The van der Waals surface area contributed by atoms with Crippen LogP contribution >= 0.6 is 0 Å². The molecule has 0 fully saturated rings. The molecule has 0 unspecified atom stereocenters. The lowest BCUT2D eigenvalue weighted by Crippen LogP contribution is -2.26. The number of hydrogen-bond donors (Lipinski definition) is 5. The fourth-order valence-corrected chi connectivity index (χ4v) is 5.83. The molecule has 0 saturated heterocycles. The van der Waals surface area contributed by atoms with Crippen molar-refractivity contribution < 1.29 is 40.3 Å². The molecular weight excluding hydrogens is 526 g/mol. The van der Waals surface area contributed by atoms with Crippen molar-refractivity contribution in [3.05, 3.63) is 58.1 Å². The number of fused-ring (bicyclic) bond motifs is 2. The summed E-state index contributed by atoms with van der Waals surface area (Å²) in [6.45, 7) is 1.64. The third-order valence-electron chi connectivity index (χ3n) is 6.18. The zero-order valence-electron chi connectivity index (χ0n) is 19.6. The Morgan fingerprint density at radius 2 is 1.38 bits per heavy atom. The van der Waals surface area contributed by atoms with E-state index in [1.165, 1.54) is 19.2 Å². The number of ether oxygens (including phenoxy) is 1. The van der Waals surface area contributed by atoms with E-state index in [4.69, 9.17) is 16.2 Å². The quantitative estimate of drug-likeness (QED) is 0.179. The first-order valence-corrected chi connectivity index (χ1v) is 13.3. The van der Waals surface area contributed by atoms with Crippen LogP contribution in [0.5, 0.6) is 5.75 Å². The molecule has 0 atom stereocenters. The maximum Gasteiger partial charge on any atom is 0.298 e. The number of nitrogens with two attached hydrogens (primary N) is 2. The van der Waals surface area contributed by atoms with Gasteiger partial charge in [-0.25, -0.2) is 0 Å². The van der Waals surface area contributed by atoms with Crippen LogP contribution in [-0.2, 0) is 20.2 Å². The maximum absolute atomic E-state index is 13.7. The second-order valence-electron chi connectivity index (χ2n) is 8.16. The molecule has 0 radical (unpaired) electrons. The van der Waals surface area contributed by atoms with Crippen LogP contribution in [0.1, 0.15) is 37.4 Å². The van der Waals surface area contributed by atoms with Gasteiger partial charge in [-0.2, -0.15) is 16.8 Å². The number of carbonyl (C=O) groups is 2. The molecule has 4 rings (SSSR count). The number of carbonyl (C=O) groups excluding carboxylic acids is 2. The summed E-state index contributed by atoms with van der Waals surface area (Å²) in [6, 6.07) is 5.81. The van der Waals surface area contributed by atoms with Crippen LogP contribution in [0.3, 0.4) is 0 Å². The summed E-state index contributed by atoms with van der Waals surface area (Å²) < 4.78 is 72.6. The lowest BCUT2D eigenvalue weighted by atomic mass is 9.78. The molecule has 194 valence electrons. The van der Waals surface area contributed by atoms with Crippen LogP contribution in [0.2, 0.25) is 0 Å². The number of hydrogen-bond acceptors (Lipinski definition) is 10. The Morgan fingerprint density at radius 1 is 0.811 bits per heavy atom. The Bertz CT molecular complexity index is 1760. The van der Waals surface area contributed by atoms with Gasteiger partial charge in [0, 0.05) is 29.3 Å². The zero-order chi connectivity index (χ0) is 27.6. The molecule has 3 aromatic carbocycles. The van der Waals surface area contributed by atoms with E-state index in [0.717, 1.165) is 18.2 Å². The lowest BCUT2D eigenvalue weighted by molar-refractivity contribution is 0.0979. The first-order valence-electron chi connectivity index (χ1n) is 10.4. The van der Waals surface area contributed by atoms with E-state index in [1.807, 2.05) is 0 Å². The van der Waals surface area contributed by atoms with Crippen molar-refractivity contribution in [3.8, 4) is 16.9 Å². The monoisotopic (exact) mass is 547 g/mol. The van der Waals surface area contributed by atoms with E-state index < -0.39 is 64.1 Å². The fourth-order valence-electron chi connectivity index (χ4n) is 4.56. The fraction of sp³-hybridized carbons (Fsp3) is 0.130. The van der Waals surface area contributed by atoms with Crippen molar-refractivity contribution in [2.24, 2.45) is 0 Å². The Balaban J connectivity index is 2.20. The number of nitrogen functional groups attached to an aromatic ring is 2. The van der Waals surface area contributed by atoms with Crippen LogP contribution in [0, 0.1) is 6.92 Å². The SMILES string of the molecule is CNc1c(OC)ccc(-c2c(N)c(S(=O)(=O)O)c(N)c3c2C(=O)c2ccc(S(=O)(=O)O)cc2C3=O)c1C. The largest absolute Gasteiger partial charge is 0.495 e. The molecule has 1 aliphatic rings. The van der Waals surface area contributed by atoms with Crippen molar-refractivity contribution >= 4 is 48.9 Å². The lowest BCUT2D eigenvalue weighted by Gasteiger charge is -2.26. The molecule has 0 heterocycles. The van der Waals surface area contributed by atoms with Gasteiger partial charge in [-0.05, 0) is 42.3 Å². The summed E-state index contributed by atoms with van der Waals surface area (Å²) >= 11 is 0. The highest BCUT2D eigenvalue weighted by Crippen LogP contribution is 2.48. The van der Waals surface area contributed by atoms with Gasteiger partial charge in [0.1, 0.15) is 10.6 Å². The summed E-state index contributed by atoms with van der Waals surface area (Å²) in [5.74, 6) is -1.38. The number of anilines is 3. The van der Waals surface area contributed by atoms with Gasteiger partial charge in [-0.3, -0.25) is 18.7 Å². The van der Waals surface area contributed by atoms with Crippen LogP contribution in [0.15, 0.2) is 40.1 Å². The smallest absolute Gasteiger partial charge is 0.298 e. The highest BCUT2D eigenvalue weighted by molar-refractivity contribution is 7.86. The minimum Gasteiger partial charge on any atom is -0.495 e. The van der Waals surface area contributed by atoms with Gasteiger partial charge in [0.25, 0.3) is 20.2 Å². The summed E-state index contributed by atoms with van der Waals surface area (Å²) in [7, 11) is -6.81. The molecule has 14 heteroatoms. The average molecular weight is 548 g/mol. The second-order valence-corrected chi connectivity index (χ2v) is 10.9. The topological polar surface area (TPSA) is 216 Å². The summed E-state index contributed by atoms with van der Waals surface area (Å²) in [5, 5.41) is 2.95. The Hall–Kier alpha value is -3.98. The predicted molar refractivity (Wildman–Crippen MR) is 134 cm³/mol. The summed E-state index contributed by atoms with van der Waals surface area (Å²) in [4.78, 5) is 25.7. The molecule has 0 saturated carbocycles. The Morgan fingerprint density at radius 3 is 1.92 bits per heavy atom. The number of rotatable bonds is 5. The Labute approximate surface area is 211 Å². The van der Waals surface area contributed by atoms with Gasteiger partial charge in [-0.1, -0.05) is 6.07 Å². The average Bonchev–Trinajstić information content (AvgIpc) is 2.80. The van der Waals surface area contributed by atoms with Crippen molar-refractivity contribution in [2.75, 3.05) is 30.9 Å². The molecule has 0 aliphatic heterocycles. The van der Waals surface area contributed by atoms with Crippen molar-refractivity contribution in [1.29, 1.82) is 0 Å². The van der Waals surface area contributed by atoms with Crippen molar-refractivity contribution in [2.45, 2.75) is 16.7 Å². The number of benzene rings is 3. The standard InChI is InChI=1S/C23H21N3O9S2/c1-9-11(6-7-14(35-3)20(9)26-2)15-16-17(19(25)23(18(15)24)37(32,33)34)22(28)13-8-10(36(29,30)31)4-5-12(13)21(16)27/h4-8,26H,24-25H2,1-3H3,(H,29,30,31)(H,32,33,34). The van der Waals surface area contributed by atoms with Gasteiger partial charge < -0.3 is 21.5 Å². The first-order chi connectivity index (χ1) is 17.1. The molecule has 0 spiro atoms. The van der Waals surface area contributed by atoms with Gasteiger partial charge >= 0.3 is 0 Å². The van der Waals surface area contributed by atoms with E-state index in [2.05, 4.69) is 5.32 Å². The molecule has 3 aromatic rings. The van der Waals surface area contributed by atoms with Gasteiger partial charge in [0.2, 0.25) is 0 Å². The Kier molecular flexibility index (Phi) is 6.03. The molecule has 0 aromatic heterocycles. The highest BCUT2D eigenvalue weighted by atomic mass is 32.2. The van der Waals surface area contributed by atoms with E-state index in [0.29, 0.717) is 17.0 Å². The van der Waals surface area contributed by atoms with Crippen LogP contribution in [0.25, 0.3) is 11.1 Å². The molecule has 1 aliphatic carbocycles. The molecule has 37 heavy (non-hydrogen) atoms. The number of ketones is 2. The molecular formula is C23H21N3O9S2. The molecule has 7 N–H and O–H groups in total. The maximum atomic E-state index is 13.7. The second kappa shape index (κ2) is 8.55. The van der Waals surface area contributed by atoms with Crippen molar-refractivity contribution in [1.82, 2.24) is 0 Å². The molecule has 12 nitrogen and oxygen atoms in total. The van der Waals surface area contributed by atoms with E-state index >= 15 is 0 Å². The third-order valence-corrected chi connectivity index (χ3v) is 7.99. The van der Waals surface area contributed by atoms with E-state index in [1.54, 1.807) is 14.0 Å². The summed E-state index contributed by atoms with van der Waals surface area (Å²) in [5.41, 5.74) is 10.4. The molecule has 0 amide bonds. The summed E-state index contributed by atoms with van der Waals surface area (Å²) in [6.07, 6.45) is 0. The minimum absolute atomic E-state index is 0.170. The van der Waals surface area contributed by atoms with Crippen molar-refractivity contribution in [3.63, 3.8) is 0 Å². The first kappa shape index (κ1) is 26.1. The third kappa shape index (κ3) is 3.90. The van der Waals surface area contributed by atoms with E-state index in [9.17, 15) is 35.5 Å². The van der Waals surface area contributed by atoms with Gasteiger partial charge in [0.15, 0.2) is 11.6 Å². The number of nitrogens with one attached hydrogen (secondary N) is 1. The van der Waals surface area contributed by atoms with Gasteiger partial charge in [-0.15, -0.1) is 0 Å². The predicted octanol–water partition coefficient (Wildman–Crippen LogP) is 2.15. The normalized spacial score (nSPS) is 13.2. The van der Waals surface area contributed by atoms with Crippen LogP contribution < -0.4 is 21.5 Å². The van der Waals surface area contributed by atoms with Crippen LogP contribution in [-0.4, -0.2) is 51.7 Å². The van der Waals surface area contributed by atoms with Crippen LogP contribution in [0.4, 0.5) is 17.1 Å². The zero-order valence-corrected chi connectivity index (χ0v) is 21.2.